The van der Waals surface area contributed by atoms with Gasteiger partial charge in [0.05, 0.1) is 13.2 Å². The lowest BCUT2D eigenvalue weighted by Gasteiger charge is -2.58. The van der Waals surface area contributed by atoms with Crippen molar-refractivity contribution in [3.8, 4) is 5.75 Å². The predicted octanol–water partition coefficient (Wildman–Crippen LogP) is 5.88. The Morgan fingerprint density at radius 2 is 1.77 bits per heavy atom. The fraction of sp³-hybridized carbons (Fsp3) is 0.697. The lowest BCUT2D eigenvalue weighted by atomic mass is 9.47. The third-order valence-corrected chi connectivity index (χ3v) is 10.8. The second-order valence-corrected chi connectivity index (χ2v) is 14.3. The predicted molar refractivity (Wildman–Crippen MR) is 154 cm³/mol. The molecule has 0 spiro atoms. The van der Waals surface area contributed by atoms with Gasteiger partial charge in [-0.2, -0.15) is 0 Å². The minimum atomic E-state index is -0.368. The fourth-order valence-corrected chi connectivity index (χ4v) is 8.90. The number of nitrogens with zero attached hydrogens (tertiary/aromatic N) is 1. The van der Waals surface area contributed by atoms with E-state index in [4.69, 9.17) is 4.74 Å². The van der Waals surface area contributed by atoms with Crippen molar-refractivity contribution in [2.24, 2.45) is 34.5 Å². The maximum Gasteiger partial charge on any atom is 0.240 e. The molecule has 214 valence electrons. The van der Waals surface area contributed by atoms with Gasteiger partial charge >= 0.3 is 0 Å². The molecule has 0 saturated heterocycles. The van der Waals surface area contributed by atoms with Crippen LogP contribution in [0.15, 0.2) is 35.9 Å². The highest BCUT2D eigenvalue weighted by molar-refractivity contribution is 6.00. The molecule has 4 aliphatic rings. The van der Waals surface area contributed by atoms with Crippen LogP contribution in [0.5, 0.6) is 5.75 Å². The van der Waals surface area contributed by atoms with Gasteiger partial charge in [-0.05, 0) is 125 Å². The molecule has 0 aromatic heterocycles. The molecule has 5 rings (SSSR count). The zero-order valence-electron chi connectivity index (χ0n) is 24.8. The van der Waals surface area contributed by atoms with Gasteiger partial charge in [0.2, 0.25) is 11.8 Å². The summed E-state index contributed by atoms with van der Waals surface area (Å²) >= 11 is 0. The van der Waals surface area contributed by atoms with Crippen LogP contribution in [0, 0.1) is 34.5 Å². The number of hydrogen-bond acceptors (Lipinski definition) is 4. The summed E-state index contributed by atoms with van der Waals surface area (Å²) in [6.45, 7) is 10.7. The molecular formula is C33H48N2O4. The third-order valence-electron chi connectivity index (χ3n) is 10.8. The summed E-state index contributed by atoms with van der Waals surface area (Å²) in [5.41, 5.74) is 1.97. The molecule has 3 saturated carbocycles. The highest BCUT2D eigenvalue weighted by Gasteiger charge is 2.60. The van der Waals surface area contributed by atoms with E-state index in [0.29, 0.717) is 17.8 Å². The summed E-state index contributed by atoms with van der Waals surface area (Å²) in [5.74, 6) is 2.28. The number of carbonyl (C=O) groups excluding carboxylic acids is 2. The SMILES string of the molecule is COc1ccc(N(CC(=O)NC(C)(C)C)C(=O)[C@H]2CC[C@H]3[C@@H]4CC=C5C[C@@H](O)CC[C@]5(C)[C@H]4CC[C@]23C)cc1. The molecule has 0 radical (unpaired) electrons. The van der Waals surface area contributed by atoms with Crippen LogP contribution >= 0.6 is 0 Å². The van der Waals surface area contributed by atoms with Crippen molar-refractivity contribution in [2.75, 3.05) is 18.6 Å². The molecule has 7 atom stereocenters. The summed E-state index contributed by atoms with van der Waals surface area (Å²) in [6.07, 6.45) is 10.3. The summed E-state index contributed by atoms with van der Waals surface area (Å²) in [5, 5.41) is 13.4. The Morgan fingerprint density at radius 1 is 1.05 bits per heavy atom. The average molecular weight is 537 g/mol. The van der Waals surface area contributed by atoms with E-state index in [2.05, 4.69) is 25.2 Å². The van der Waals surface area contributed by atoms with Gasteiger partial charge in [-0.25, -0.2) is 0 Å². The number of nitrogens with one attached hydrogen (secondary N) is 1. The molecule has 0 unspecified atom stereocenters. The van der Waals surface area contributed by atoms with E-state index in [1.807, 2.05) is 45.0 Å². The quantitative estimate of drug-likeness (QED) is 0.461. The van der Waals surface area contributed by atoms with Gasteiger partial charge in [0, 0.05) is 17.1 Å². The first-order valence-electron chi connectivity index (χ1n) is 15.0. The minimum absolute atomic E-state index is 0.0121. The molecule has 1 aromatic carbocycles. The Hall–Kier alpha value is -2.34. The highest BCUT2D eigenvalue weighted by Crippen LogP contribution is 2.66. The Balaban J connectivity index is 1.41. The van der Waals surface area contributed by atoms with Crippen molar-refractivity contribution < 1.29 is 19.4 Å². The molecule has 6 nitrogen and oxygen atoms in total. The van der Waals surface area contributed by atoms with Gasteiger partial charge in [0.15, 0.2) is 0 Å². The third kappa shape index (κ3) is 5.14. The van der Waals surface area contributed by atoms with Crippen molar-refractivity contribution in [3.05, 3.63) is 35.9 Å². The molecule has 0 aliphatic heterocycles. The first-order valence-corrected chi connectivity index (χ1v) is 15.0. The summed E-state index contributed by atoms with van der Waals surface area (Å²) < 4.78 is 5.34. The standard InChI is InChI=1S/C33H48N2O4/c1-31(2,3)34-29(37)20-35(22-8-10-24(39-6)11-9-22)30(38)28-14-13-26-25-12-7-21-19-23(36)15-17-32(21,4)27(25)16-18-33(26,28)5/h7-11,23,25-28,36H,12-20H2,1-6H3,(H,34,37)/t23-,25-,26-,27-,28+,32-,33-/m0/s1. The summed E-state index contributed by atoms with van der Waals surface area (Å²) in [7, 11) is 1.63. The van der Waals surface area contributed by atoms with Gasteiger partial charge in [-0.3, -0.25) is 9.59 Å². The van der Waals surface area contributed by atoms with Crippen LogP contribution in [0.3, 0.4) is 0 Å². The summed E-state index contributed by atoms with van der Waals surface area (Å²) in [6, 6.07) is 7.49. The number of allylic oxidation sites excluding steroid dienone is 1. The molecule has 0 heterocycles. The minimum Gasteiger partial charge on any atom is -0.497 e. The van der Waals surface area contributed by atoms with Crippen molar-refractivity contribution in [1.82, 2.24) is 5.32 Å². The van der Waals surface area contributed by atoms with Crippen LogP contribution in [0.1, 0.15) is 86.0 Å². The monoisotopic (exact) mass is 536 g/mol. The van der Waals surface area contributed by atoms with E-state index in [9.17, 15) is 14.7 Å². The van der Waals surface area contributed by atoms with E-state index in [1.165, 1.54) is 5.57 Å². The summed E-state index contributed by atoms with van der Waals surface area (Å²) in [4.78, 5) is 29.2. The van der Waals surface area contributed by atoms with E-state index in [0.717, 1.165) is 62.8 Å². The van der Waals surface area contributed by atoms with Crippen LogP contribution in [0.4, 0.5) is 5.69 Å². The molecule has 2 amide bonds. The Morgan fingerprint density at radius 3 is 2.44 bits per heavy atom. The van der Waals surface area contributed by atoms with Crippen LogP contribution in [0.25, 0.3) is 0 Å². The second kappa shape index (κ2) is 10.2. The Kier molecular flexibility index (Phi) is 7.41. The number of amides is 2. The highest BCUT2D eigenvalue weighted by atomic mass is 16.5. The molecule has 0 bridgehead atoms. The van der Waals surface area contributed by atoms with Crippen molar-refractivity contribution in [2.45, 2.75) is 97.6 Å². The normalized spacial score (nSPS) is 35.7. The number of anilines is 1. The van der Waals surface area contributed by atoms with Crippen LogP contribution in [0.2, 0.25) is 0 Å². The molecule has 1 aromatic rings. The number of rotatable bonds is 5. The largest absolute Gasteiger partial charge is 0.497 e. The van der Waals surface area contributed by atoms with E-state index in [1.54, 1.807) is 12.0 Å². The Bertz CT molecular complexity index is 1120. The number of carbonyl (C=O) groups is 2. The van der Waals surface area contributed by atoms with E-state index >= 15 is 0 Å². The van der Waals surface area contributed by atoms with Crippen LogP contribution < -0.4 is 15.0 Å². The first kappa shape index (κ1) is 28.2. The van der Waals surface area contributed by atoms with E-state index in [-0.39, 0.29) is 46.7 Å². The number of hydrogen-bond donors (Lipinski definition) is 2. The number of aliphatic hydroxyl groups is 1. The first-order chi connectivity index (χ1) is 18.4. The van der Waals surface area contributed by atoms with Gasteiger partial charge in [0.1, 0.15) is 12.3 Å². The number of ether oxygens (including phenoxy) is 1. The van der Waals surface area contributed by atoms with Gasteiger partial charge < -0.3 is 20.1 Å². The Labute approximate surface area is 234 Å². The van der Waals surface area contributed by atoms with Gasteiger partial charge in [-0.1, -0.05) is 25.5 Å². The number of fused-ring (bicyclic) bond motifs is 5. The van der Waals surface area contributed by atoms with Crippen molar-refractivity contribution in [1.29, 1.82) is 0 Å². The van der Waals surface area contributed by atoms with Crippen molar-refractivity contribution in [3.63, 3.8) is 0 Å². The number of benzene rings is 1. The van der Waals surface area contributed by atoms with Crippen LogP contribution in [-0.4, -0.2) is 42.2 Å². The number of methoxy groups -OCH3 is 1. The lowest BCUT2D eigenvalue weighted by Crippen LogP contribution is -2.53. The lowest BCUT2D eigenvalue weighted by molar-refractivity contribution is -0.131. The molecular weight excluding hydrogens is 488 g/mol. The van der Waals surface area contributed by atoms with Crippen molar-refractivity contribution >= 4 is 17.5 Å². The number of aliphatic hydroxyl groups excluding tert-OH is 1. The zero-order chi connectivity index (χ0) is 28.2. The zero-order valence-corrected chi connectivity index (χ0v) is 24.8. The maximum atomic E-state index is 14.4. The second-order valence-electron chi connectivity index (χ2n) is 14.3. The molecule has 3 fully saturated rings. The molecule has 6 heteroatoms. The topological polar surface area (TPSA) is 78.9 Å². The molecule has 4 aliphatic carbocycles. The van der Waals surface area contributed by atoms with Crippen LogP contribution in [-0.2, 0) is 9.59 Å². The van der Waals surface area contributed by atoms with E-state index < -0.39 is 0 Å². The fourth-order valence-electron chi connectivity index (χ4n) is 8.90. The smallest absolute Gasteiger partial charge is 0.240 e. The van der Waals surface area contributed by atoms with Gasteiger partial charge in [-0.15, -0.1) is 0 Å². The molecule has 39 heavy (non-hydrogen) atoms. The molecule has 2 N–H and O–H groups in total. The maximum absolute atomic E-state index is 14.4. The average Bonchev–Trinajstić information content (AvgIpc) is 3.23. The van der Waals surface area contributed by atoms with Gasteiger partial charge in [0.25, 0.3) is 0 Å².